The number of aliphatic hydroxyl groups is 1. The van der Waals surface area contributed by atoms with Gasteiger partial charge < -0.3 is 10.4 Å². The highest BCUT2D eigenvalue weighted by atomic mass is 32.1. The number of nitrogens with one attached hydrogen (secondary N) is 1. The van der Waals surface area contributed by atoms with Gasteiger partial charge in [-0.1, -0.05) is 19.9 Å². The van der Waals surface area contributed by atoms with Gasteiger partial charge in [0.05, 0.1) is 17.5 Å². The van der Waals surface area contributed by atoms with Crippen molar-refractivity contribution in [1.82, 2.24) is 5.32 Å². The number of benzene rings is 1. The van der Waals surface area contributed by atoms with E-state index in [1.54, 1.807) is 12.1 Å². The number of fused-ring (bicyclic) bond motifs is 1. The Morgan fingerprint density at radius 1 is 1.40 bits per heavy atom. The Balaban J connectivity index is 2.14. The Hall–Kier alpha value is -1.46. The Morgan fingerprint density at radius 2 is 2.15 bits per heavy atom. The Labute approximate surface area is 121 Å². The molecule has 2 N–H and O–H groups in total. The lowest BCUT2D eigenvalue weighted by Crippen LogP contribution is -2.38. The monoisotopic (exact) mass is 295 g/mol. The van der Waals surface area contributed by atoms with Crippen molar-refractivity contribution < 1.29 is 14.3 Å². The molecule has 0 spiro atoms. The van der Waals surface area contributed by atoms with Crippen LogP contribution in [0.1, 0.15) is 29.9 Å². The molecule has 0 bridgehead atoms. The second-order valence-corrected chi connectivity index (χ2v) is 6.36. The highest BCUT2D eigenvalue weighted by molar-refractivity contribution is 7.20. The Morgan fingerprint density at radius 3 is 2.80 bits per heavy atom. The standard InChI is InChI=1S/C15H18FNO2S/c1-9(2)5-12(8-18)17-15(19)14-6-10-3-4-11(16)7-13(10)20-14/h3-4,6-7,9,12,18H,5,8H2,1-2H3,(H,17,19). The maximum atomic E-state index is 13.1. The van der Waals surface area contributed by atoms with Gasteiger partial charge >= 0.3 is 0 Å². The first kappa shape index (κ1) is 14.9. The third-order valence-electron chi connectivity index (χ3n) is 3.02. The zero-order valence-corrected chi connectivity index (χ0v) is 12.3. The Bertz CT molecular complexity index is 609. The minimum Gasteiger partial charge on any atom is -0.394 e. The third-order valence-corrected chi connectivity index (χ3v) is 4.11. The van der Waals surface area contributed by atoms with Crippen LogP contribution in [0.3, 0.4) is 0 Å². The van der Waals surface area contributed by atoms with Crippen LogP contribution in [0.15, 0.2) is 24.3 Å². The summed E-state index contributed by atoms with van der Waals surface area (Å²) in [5.41, 5.74) is 0. The molecule has 1 heterocycles. The van der Waals surface area contributed by atoms with E-state index in [-0.39, 0.29) is 24.4 Å². The highest BCUT2D eigenvalue weighted by Crippen LogP contribution is 2.26. The molecular weight excluding hydrogens is 277 g/mol. The summed E-state index contributed by atoms with van der Waals surface area (Å²) in [6, 6.07) is 5.97. The van der Waals surface area contributed by atoms with Crippen LogP contribution in [0, 0.1) is 11.7 Å². The molecule has 0 aliphatic carbocycles. The molecule has 1 unspecified atom stereocenters. The van der Waals surface area contributed by atoms with Crippen molar-refractivity contribution in [1.29, 1.82) is 0 Å². The van der Waals surface area contributed by atoms with Gasteiger partial charge in [0.25, 0.3) is 5.91 Å². The molecule has 0 saturated heterocycles. The second-order valence-electron chi connectivity index (χ2n) is 5.28. The summed E-state index contributed by atoms with van der Waals surface area (Å²) in [6.45, 7) is 4.00. The van der Waals surface area contributed by atoms with Gasteiger partial charge in [0.2, 0.25) is 0 Å². The minimum absolute atomic E-state index is 0.0799. The van der Waals surface area contributed by atoms with Gasteiger partial charge in [-0.2, -0.15) is 0 Å². The lowest BCUT2D eigenvalue weighted by molar-refractivity contribution is 0.0912. The first-order valence-corrected chi connectivity index (χ1v) is 7.42. The van der Waals surface area contributed by atoms with Gasteiger partial charge in [0.15, 0.2) is 0 Å². The molecule has 0 fully saturated rings. The zero-order chi connectivity index (χ0) is 14.7. The van der Waals surface area contributed by atoms with Crippen molar-refractivity contribution in [2.45, 2.75) is 26.3 Å². The minimum atomic E-state index is -0.306. The lowest BCUT2D eigenvalue weighted by atomic mass is 10.0. The summed E-state index contributed by atoms with van der Waals surface area (Å²) < 4.78 is 13.9. The molecule has 1 amide bonds. The van der Waals surface area contributed by atoms with Crippen molar-refractivity contribution in [2.24, 2.45) is 5.92 Å². The number of carbonyl (C=O) groups is 1. The summed E-state index contributed by atoms with van der Waals surface area (Å²) in [7, 11) is 0. The number of hydrogen-bond acceptors (Lipinski definition) is 3. The molecule has 20 heavy (non-hydrogen) atoms. The molecule has 0 radical (unpaired) electrons. The molecule has 108 valence electrons. The maximum absolute atomic E-state index is 13.1. The fourth-order valence-corrected chi connectivity index (χ4v) is 3.11. The fraction of sp³-hybridized carbons (Fsp3) is 0.400. The number of rotatable bonds is 5. The smallest absolute Gasteiger partial charge is 0.261 e. The molecule has 0 aliphatic heterocycles. The first-order valence-electron chi connectivity index (χ1n) is 6.60. The molecule has 1 aromatic carbocycles. The van der Waals surface area contributed by atoms with E-state index in [1.165, 1.54) is 23.5 Å². The van der Waals surface area contributed by atoms with Gasteiger partial charge in [-0.05, 0) is 35.9 Å². The molecule has 2 aromatic rings. The second kappa shape index (κ2) is 6.33. The predicted molar refractivity (Wildman–Crippen MR) is 79.6 cm³/mol. The van der Waals surface area contributed by atoms with Crippen molar-refractivity contribution in [3.63, 3.8) is 0 Å². The van der Waals surface area contributed by atoms with Crippen LogP contribution >= 0.6 is 11.3 Å². The summed E-state index contributed by atoms with van der Waals surface area (Å²) in [5, 5.41) is 13.0. The normalized spacial score (nSPS) is 12.8. The van der Waals surface area contributed by atoms with Crippen LogP contribution in [0.25, 0.3) is 10.1 Å². The zero-order valence-electron chi connectivity index (χ0n) is 11.5. The molecule has 0 aliphatic rings. The number of amides is 1. The molecule has 1 aromatic heterocycles. The number of halogens is 1. The van der Waals surface area contributed by atoms with E-state index in [1.807, 2.05) is 13.8 Å². The van der Waals surface area contributed by atoms with Crippen LogP contribution < -0.4 is 5.32 Å². The third kappa shape index (κ3) is 3.55. The summed E-state index contributed by atoms with van der Waals surface area (Å²) in [6.07, 6.45) is 0.724. The SMILES string of the molecule is CC(C)CC(CO)NC(=O)c1cc2ccc(F)cc2s1. The van der Waals surface area contributed by atoms with Gasteiger partial charge in [-0.15, -0.1) is 11.3 Å². The number of aliphatic hydroxyl groups excluding tert-OH is 1. The molecule has 3 nitrogen and oxygen atoms in total. The number of carbonyl (C=O) groups excluding carboxylic acids is 1. The lowest BCUT2D eigenvalue weighted by Gasteiger charge is -2.17. The van der Waals surface area contributed by atoms with Gasteiger partial charge in [-0.25, -0.2) is 4.39 Å². The summed E-state index contributed by atoms with van der Waals surface area (Å²) >= 11 is 1.26. The fourth-order valence-electron chi connectivity index (χ4n) is 2.12. The van der Waals surface area contributed by atoms with E-state index >= 15 is 0 Å². The van der Waals surface area contributed by atoms with Crippen molar-refractivity contribution in [3.8, 4) is 0 Å². The molecule has 0 saturated carbocycles. The van der Waals surface area contributed by atoms with Gasteiger partial charge in [-0.3, -0.25) is 4.79 Å². The van der Waals surface area contributed by atoms with Crippen LogP contribution in [-0.4, -0.2) is 23.7 Å². The average molecular weight is 295 g/mol. The molecule has 1 atom stereocenters. The van der Waals surface area contributed by atoms with E-state index in [0.29, 0.717) is 10.8 Å². The summed E-state index contributed by atoms with van der Waals surface area (Å²) in [4.78, 5) is 12.7. The van der Waals surface area contributed by atoms with Crippen LogP contribution in [0.5, 0.6) is 0 Å². The highest BCUT2D eigenvalue weighted by Gasteiger charge is 2.16. The largest absolute Gasteiger partial charge is 0.394 e. The summed E-state index contributed by atoms with van der Waals surface area (Å²) in [5.74, 6) is -0.130. The predicted octanol–water partition coefficient (Wildman–Crippen LogP) is 3.18. The van der Waals surface area contributed by atoms with Gasteiger partial charge in [0, 0.05) is 4.70 Å². The first-order chi connectivity index (χ1) is 9.49. The van der Waals surface area contributed by atoms with E-state index < -0.39 is 0 Å². The van der Waals surface area contributed by atoms with Crippen molar-refractivity contribution >= 4 is 27.3 Å². The van der Waals surface area contributed by atoms with Crippen LogP contribution in [0.4, 0.5) is 4.39 Å². The number of hydrogen-bond donors (Lipinski definition) is 2. The van der Waals surface area contributed by atoms with E-state index in [9.17, 15) is 14.3 Å². The van der Waals surface area contributed by atoms with E-state index in [0.717, 1.165) is 16.5 Å². The topological polar surface area (TPSA) is 49.3 Å². The number of thiophene rings is 1. The molecule has 5 heteroatoms. The van der Waals surface area contributed by atoms with Gasteiger partial charge in [0.1, 0.15) is 5.82 Å². The van der Waals surface area contributed by atoms with E-state index in [2.05, 4.69) is 5.32 Å². The van der Waals surface area contributed by atoms with E-state index in [4.69, 9.17) is 0 Å². The van der Waals surface area contributed by atoms with Crippen LogP contribution in [-0.2, 0) is 0 Å². The molecule has 2 rings (SSSR count). The maximum Gasteiger partial charge on any atom is 0.261 e. The van der Waals surface area contributed by atoms with Crippen molar-refractivity contribution in [2.75, 3.05) is 6.61 Å². The quantitative estimate of drug-likeness (QED) is 0.890. The van der Waals surface area contributed by atoms with Crippen LogP contribution in [0.2, 0.25) is 0 Å². The average Bonchev–Trinajstić information content (AvgIpc) is 2.80. The van der Waals surface area contributed by atoms with Crippen molar-refractivity contribution in [3.05, 3.63) is 35.0 Å². The molecular formula is C15H18FNO2S. The Kier molecular flexibility index (Phi) is 4.73.